The molecule has 16 heavy (non-hydrogen) atoms. The lowest BCUT2D eigenvalue weighted by atomic mass is 10.0. The molecule has 0 saturated carbocycles. The molecule has 0 aromatic carbocycles. The van der Waals surface area contributed by atoms with Gasteiger partial charge in [0.1, 0.15) is 0 Å². The van der Waals surface area contributed by atoms with Crippen LogP contribution >= 0.6 is 0 Å². The highest BCUT2D eigenvalue weighted by Crippen LogP contribution is 2.15. The quantitative estimate of drug-likeness (QED) is 0.786. The average Bonchev–Trinajstić information content (AvgIpc) is 2.33. The molecule has 0 spiro atoms. The summed E-state index contributed by atoms with van der Waals surface area (Å²) < 4.78 is 0. The first-order valence-electron chi connectivity index (χ1n) is 6.70. The maximum absolute atomic E-state index is 3.55. The smallest absolute Gasteiger partial charge is 0.0230 e. The molecule has 0 aromatic rings. The first kappa shape index (κ1) is 11.9. The van der Waals surface area contributed by atoms with E-state index >= 15 is 0 Å². The maximum atomic E-state index is 3.55. The Hall–Kier alpha value is -0.600. The number of piperidine rings is 1. The van der Waals surface area contributed by atoms with E-state index in [1.807, 2.05) is 0 Å². The molecule has 2 nitrogen and oxygen atoms in total. The summed E-state index contributed by atoms with van der Waals surface area (Å²) >= 11 is 0. The fraction of sp³-hybridized carbons (Fsp3) is 0.714. The largest absolute Gasteiger partial charge is 0.314 e. The minimum atomic E-state index is 0. The van der Waals surface area contributed by atoms with E-state index in [1.54, 1.807) is 0 Å². The SMILES string of the molecule is CCNC1CCN(CC2=CCCC=C2)CC1.[HH]. The maximum Gasteiger partial charge on any atom is 0.0230 e. The third-order valence-corrected chi connectivity index (χ3v) is 3.56. The van der Waals surface area contributed by atoms with Gasteiger partial charge in [-0.25, -0.2) is 0 Å². The number of nitrogens with one attached hydrogen (secondary N) is 1. The number of allylic oxidation sites excluding steroid dienone is 2. The lowest BCUT2D eigenvalue weighted by molar-refractivity contribution is 0.214. The van der Waals surface area contributed by atoms with Gasteiger partial charge in [-0.1, -0.05) is 25.2 Å². The van der Waals surface area contributed by atoms with Gasteiger partial charge in [-0.15, -0.1) is 0 Å². The van der Waals surface area contributed by atoms with Gasteiger partial charge in [-0.3, -0.25) is 4.90 Å². The average molecular weight is 222 g/mol. The molecule has 1 saturated heterocycles. The highest BCUT2D eigenvalue weighted by molar-refractivity contribution is 5.23. The van der Waals surface area contributed by atoms with Crippen molar-refractivity contribution in [2.75, 3.05) is 26.2 Å². The monoisotopic (exact) mass is 222 g/mol. The van der Waals surface area contributed by atoms with Crippen molar-refractivity contribution in [3.8, 4) is 0 Å². The number of nitrogens with zero attached hydrogens (tertiary/aromatic N) is 1. The van der Waals surface area contributed by atoms with E-state index in [9.17, 15) is 0 Å². The van der Waals surface area contributed by atoms with Crippen molar-refractivity contribution in [2.45, 2.75) is 38.6 Å². The standard InChI is InChI=1S/C14H24N2.H2/c1-2-15-14-8-10-16(11-9-14)12-13-6-4-3-5-7-13;/h4,6-7,14-15H,2-3,5,8-12H2,1H3;1H. The van der Waals surface area contributed by atoms with E-state index in [1.165, 1.54) is 44.3 Å². The fourth-order valence-corrected chi connectivity index (χ4v) is 2.63. The van der Waals surface area contributed by atoms with Gasteiger partial charge in [0.25, 0.3) is 0 Å². The van der Waals surface area contributed by atoms with Gasteiger partial charge in [0.15, 0.2) is 0 Å². The summed E-state index contributed by atoms with van der Waals surface area (Å²) in [7, 11) is 0. The van der Waals surface area contributed by atoms with Crippen LogP contribution in [-0.4, -0.2) is 37.1 Å². The predicted octanol–water partition coefficient (Wildman–Crippen LogP) is 2.58. The second kappa shape index (κ2) is 6.21. The Balaban J connectivity index is 0.00000144. The molecule has 2 rings (SSSR count). The zero-order valence-electron chi connectivity index (χ0n) is 10.4. The first-order valence-corrected chi connectivity index (χ1v) is 6.70. The molecular formula is C14H26N2. The Kier molecular flexibility index (Phi) is 4.61. The molecule has 1 aliphatic carbocycles. The van der Waals surface area contributed by atoms with Crippen LogP contribution in [0.2, 0.25) is 0 Å². The van der Waals surface area contributed by atoms with Gasteiger partial charge in [-0.05, 0) is 50.9 Å². The molecule has 2 heteroatoms. The van der Waals surface area contributed by atoms with E-state index in [4.69, 9.17) is 0 Å². The number of likely N-dealkylation sites (tertiary alicyclic amines) is 1. The molecule has 1 fully saturated rings. The number of rotatable bonds is 4. The van der Waals surface area contributed by atoms with Gasteiger partial charge < -0.3 is 5.32 Å². The summed E-state index contributed by atoms with van der Waals surface area (Å²) in [5.74, 6) is 0. The highest BCUT2D eigenvalue weighted by Gasteiger charge is 2.18. The van der Waals surface area contributed by atoms with Crippen LogP contribution in [0.4, 0.5) is 0 Å². The van der Waals surface area contributed by atoms with Crippen LogP contribution in [0.3, 0.4) is 0 Å². The van der Waals surface area contributed by atoms with Crippen LogP contribution in [0.15, 0.2) is 23.8 Å². The van der Waals surface area contributed by atoms with Crippen LogP contribution in [0, 0.1) is 0 Å². The van der Waals surface area contributed by atoms with Crippen molar-refractivity contribution in [3.05, 3.63) is 23.8 Å². The van der Waals surface area contributed by atoms with Crippen LogP contribution in [0.5, 0.6) is 0 Å². The summed E-state index contributed by atoms with van der Waals surface area (Å²) in [6, 6.07) is 0.761. The van der Waals surface area contributed by atoms with Crippen molar-refractivity contribution >= 4 is 0 Å². The summed E-state index contributed by atoms with van der Waals surface area (Å²) in [6.45, 7) is 6.98. The van der Waals surface area contributed by atoms with Crippen molar-refractivity contribution in [1.82, 2.24) is 10.2 Å². The number of hydrogen-bond donors (Lipinski definition) is 1. The highest BCUT2D eigenvalue weighted by atomic mass is 15.1. The minimum Gasteiger partial charge on any atom is -0.314 e. The van der Waals surface area contributed by atoms with Gasteiger partial charge in [0.05, 0.1) is 0 Å². The molecule has 0 atom stereocenters. The molecule has 1 N–H and O–H groups in total. The van der Waals surface area contributed by atoms with Crippen molar-refractivity contribution in [1.29, 1.82) is 0 Å². The van der Waals surface area contributed by atoms with Crippen molar-refractivity contribution in [2.24, 2.45) is 0 Å². The van der Waals surface area contributed by atoms with Crippen molar-refractivity contribution in [3.63, 3.8) is 0 Å². The second-order valence-corrected chi connectivity index (χ2v) is 4.87. The molecule has 0 radical (unpaired) electrons. The molecule has 2 aliphatic rings. The molecule has 0 aromatic heterocycles. The van der Waals surface area contributed by atoms with E-state index < -0.39 is 0 Å². The molecule has 1 heterocycles. The second-order valence-electron chi connectivity index (χ2n) is 4.87. The summed E-state index contributed by atoms with van der Waals surface area (Å²) in [6.07, 6.45) is 12.1. The van der Waals surface area contributed by atoms with Crippen LogP contribution in [0.25, 0.3) is 0 Å². The summed E-state index contributed by atoms with van der Waals surface area (Å²) in [5.41, 5.74) is 1.52. The number of hydrogen-bond acceptors (Lipinski definition) is 2. The topological polar surface area (TPSA) is 15.3 Å². The van der Waals surface area contributed by atoms with Gasteiger partial charge >= 0.3 is 0 Å². The Labute approximate surface area is 101 Å². The minimum absolute atomic E-state index is 0. The zero-order valence-corrected chi connectivity index (χ0v) is 10.4. The molecular weight excluding hydrogens is 196 g/mol. The first-order chi connectivity index (χ1) is 7.88. The van der Waals surface area contributed by atoms with Crippen LogP contribution < -0.4 is 5.32 Å². The molecule has 0 bridgehead atoms. The van der Waals surface area contributed by atoms with E-state index in [2.05, 4.69) is 35.4 Å². The van der Waals surface area contributed by atoms with E-state index in [0.29, 0.717) is 0 Å². The van der Waals surface area contributed by atoms with Crippen molar-refractivity contribution < 1.29 is 1.43 Å². The van der Waals surface area contributed by atoms with Gasteiger partial charge in [0, 0.05) is 14.0 Å². The molecule has 92 valence electrons. The molecule has 0 unspecified atom stereocenters. The van der Waals surface area contributed by atoms with E-state index in [-0.39, 0.29) is 1.43 Å². The Bertz CT molecular complexity index is 265. The van der Waals surface area contributed by atoms with Crippen LogP contribution in [0.1, 0.15) is 34.0 Å². The lowest BCUT2D eigenvalue weighted by Crippen LogP contribution is -2.42. The van der Waals surface area contributed by atoms with E-state index in [0.717, 1.165) is 19.1 Å². The van der Waals surface area contributed by atoms with Gasteiger partial charge in [0.2, 0.25) is 0 Å². The Morgan fingerprint density at radius 1 is 1.38 bits per heavy atom. The molecule has 1 aliphatic heterocycles. The Morgan fingerprint density at radius 3 is 2.81 bits per heavy atom. The fourth-order valence-electron chi connectivity index (χ4n) is 2.63. The third-order valence-electron chi connectivity index (χ3n) is 3.56. The molecule has 0 amide bonds. The summed E-state index contributed by atoms with van der Waals surface area (Å²) in [5, 5.41) is 3.55. The van der Waals surface area contributed by atoms with Gasteiger partial charge in [-0.2, -0.15) is 0 Å². The Morgan fingerprint density at radius 2 is 2.19 bits per heavy atom. The summed E-state index contributed by atoms with van der Waals surface area (Å²) in [4.78, 5) is 2.59. The zero-order chi connectivity index (χ0) is 11.2. The predicted molar refractivity (Wildman–Crippen MR) is 71.7 cm³/mol. The van der Waals surface area contributed by atoms with Crippen LogP contribution in [-0.2, 0) is 0 Å². The third kappa shape index (κ3) is 3.46. The normalized spacial score (nSPS) is 23.4. The lowest BCUT2D eigenvalue weighted by Gasteiger charge is -2.32.